The maximum absolute atomic E-state index is 12.6. The molecule has 3 aromatic heterocycles. The summed E-state index contributed by atoms with van der Waals surface area (Å²) in [7, 11) is 2.14. The summed E-state index contributed by atoms with van der Waals surface area (Å²) >= 11 is 0. The highest BCUT2D eigenvalue weighted by Gasteiger charge is 2.27. The quantitative estimate of drug-likeness (QED) is 0.514. The first-order valence-electron chi connectivity index (χ1n) is 10.8. The van der Waals surface area contributed by atoms with Crippen LogP contribution in [0.4, 0.5) is 11.6 Å². The van der Waals surface area contributed by atoms with Crippen LogP contribution < -0.4 is 11.1 Å². The molecule has 1 aliphatic rings. The summed E-state index contributed by atoms with van der Waals surface area (Å²) in [4.78, 5) is 28.4. The number of likely N-dealkylation sites (tertiary alicyclic amines) is 1. The van der Waals surface area contributed by atoms with E-state index in [9.17, 15) is 4.79 Å². The van der Waals surface area contributed by atoms with Crippen molar-refractivity contribution < 1.29 is 4.79 Å². The van der Waals surface area contributed by atoms with Gasteiger partial charge in [0.15, 0.2) is 0 Å². The van der Waals surface area contributed by atoms with Gasteiger partial charge in [0.2, 0.25) is 0 Å². The maximum Gasteiger partial charge on any atom is 0.256 e. The molecule has 1 saturated heterocycles. The molecule has 1 aromatic carbocycles. The average molecular weight is 428 g/mol. The number of hydrogen-bond acceptors (Lipinski definition) is 6. The molecule has 8 heteroatoms. The molecule has 1 fully saturated rings. The van der Waals surface area contributed by atoms with Gasteiger partial charge in [-0.2, -0.15) is 0 Å². The predicted octanol–water partition coefficient (Wildman–Crippen LogP) is 3.78. The van der Waals surface area contributed by atoms with Gasteiger partial charge in [-0.15, -0.1) is 0 Å². The van der Waals surface area contributed by atoms with Crippen LogP contribution in [0.2, 0.25) is 0 Å². The molecule has 0 saturated carbocycles. The first-order chi connectivity index (χ1) is 15.6. The number of amides is 1. The number of carbonyl (C=O) groups is 1. The summed E-state index contributed by atoms with van der Waals surface area (Å²) in [6, 6.07) is 13.0. The lowest BCUT2D eigenvalue weighted by Gasteiger charge is -2.31. The summed E-state index contributed by atoms with van der Waals surface area (Å²) in [6.45, 7) is 1.05. The Morgan fingerprint density at radius 1 is 1.09 bits per heavy atom. The van der Waals surface area contributed by atoms with Crippen molar-refractivity contribution in [2.75, 3.05) is 24.6 Å². The normalized spacial score (nSPS) is 16.8. The monoisotopic (exact) mass is 427 g/mol. The fourth-order valence-corrected chi connectivity index (χ4v) is 4.33. The molecule has 4 heterocycles. The summed E-state index contributed by atoms with van der Waals surface area (Å²) in [5.41, 5.74) is 9.29. The van der Waals surface area contributed by atoms with Gasteiger partial charge in [-0.1, -0.05) is 24.6 Å². The average Bonchev–Trinajstić information content (AvgIpc) is 3.21. The number of pyridine rings is 1. The van der Waals surface area contributed by atoms with E-state index in [4.69, 9.17) is 10.7 Å². The molecular formula is C24H25N7O. The topological polar surface area (TPSA) is 101 Å². The summed E-state index contributed by atoms with van der Waals surface area (Å²) < 4.78 is 2.06. The molecule has 0 bridgehead atoms. The third-order valence-corrected chi connectivity index (χ3v) is 6.01. The van der Waals surface area contributed by atoms with Crippen LogP contribution in [-0.4, -0.2) is 43.8 Å². The van der Waals surface area contributed by atoms with Gasteiger partial charge in [-0.25, -0.2) is 15.0 Å². The molecule has 1 atom stereocenters. The molecule has 0 radical (unpaired) electrons. The number of nitrogens with one attached hydrogen (secondary N) is 1. The number of nitrogens with two attached hydrogens (primary N) is 1. The number of imidazole rings is 1. The highest BCUT2D eigenvalue weighted by Crippen LogP contribution is 2.35. The Balaban J connectivity index is 1.50. The van der Waals surface area contributed by atoms with Crippen molar-refractivity contribution in [3.63, 3.8) is 0 Å². The number of hydrogen-bond donors (Lipinski definition) is 2. The Morgan fingerprint density at radius 2 is 1.94 bits per heavy atom. The lowest BCUT2D eigenvalue weighted by atomic mass is 10.0. The minimum Gasteiger partial charge on any atom is -0.382 e. The standard InChI is InChI=1S/C24H25N7O/c1-30-14-5-3-6-18(30)23-29-20(21-22(25)27-13-15-31(21)23)16-8-10-17(11-9-16)24(32)28-19-7-2-4-12-26-19/h2,4,7-13,15,18H,3,5-6,14H2,1H3,(H2,25,27)(H,26,28,32). The van der Waals surface area contributed by atoms with E-state index < -0.39 is 0 Å². The van der Waals surface area contributed by atoms with Crippen LogP contribution in [0.1, 0.15) is 41.5 Å². The second-order valence-corrected chi connectivity index (χ2v) is 8.09. The molecule has 4 aromatic rings. The molecule has 3 N–H and O–H groups in total. The third kappa shape index (κ3) is 3.69. The zero-order valence-corrected chi connectivity index (χ0v) is 17.9. The van der Waals surface area contributed by atoms with Crippen molar-refractivity contribution in [1.29, 1.82) is 0 Å². The van der Waals surface area contributed by atoms with E-state index in [1.165, 1.54) is 12.8 Å². The SMILES string of the molecule is CN1CCCCC1c1nc(-c2ccc(C(=O)Nc3ccccn3)cc2)c2c(N)nccn12. The van der Waals surface area contributed by atoms with Crippen molar-refractivity contribution in [1.82, 2.24) is 24.3 Å². The fourth-order valence-electron chi connectivity index (χ4n) is 4.33. The number of anilines is 2. The largest absolute Gasteiger partial charge is 0.382 e. The smallest absolute Gasteiger partial charge is 0.256 e. The van der Waals surface area contributed by atoms with Crippen LogP contribution in [0.15, 0.2) is 61.1 Å². The van der Waals surface area contributed by atoms with Gasteiger partial charge < -0.3 is 11.1 Å². The van der Waals surface area contributed by atoms with E-state index in [2.05, 4.69) is 31.6 Å². The number of nitrogens with zero attached hydrogens (tertiary/aromatic N) is 5. The van der Waals surface area contributed by atoms with Crippen molar-refractivity contribution >= 4 is 23.1 Å². The van der Waals surface area contributed by atoms with Crippen LogP contribution in [0.25, 0.3) is 16.8 Å². The number of fused-ring (bicyclic) bond motifs is 1. The minimum atomic E-state index is -0.212. The summed E-state index contributed by atoms with van der Waals surface area (Å²) in [6.07, 6.45) is 8.72. The summed E-state index contributed by atoms with van der Waals surface area (Å²) in [5, 5.41) is 2.80. The fraction of sp³-hybridized carbons (Fsp3) is 0.250. The zero-order chi connectivity index (χ0) is 22.1. The summed E-state index contributed by atoms with van der Waals surface area (Å²) in [5.74, 6) is 1.72. The minimum absolute atomic E-state index is 0.212. The predicted molar refractivity (Wildman–Crippen MR) is 124 cm³/mol. The van der Waals surface area contributed by atoms with Gasteiger partial charge in [-0.05, 0) is 50.7 Å². The molecule has 8 nitrogen and oxygen atoms in total. The van der Waals surface area contributed by atoms with E-state index in [1.807, 2.05) is 24.4 Å². The molecule has 5 rings (SSSR count). The highest BCUT2D eigenvalue weighted by atomic mass is 16.1. The lowest BCUT2D eigenvalue weighted by Crippen LogP contribution is -2.30. The van der Waals surface area contributed by atoms with Crippen molar-refractivity contribution in [2.24, 2.45) is 0 Å². The van der Waals surface area contributed by atoms with E-state index in [0.29, 0.717) is 17.2 Å². The second kappa shape index (κ2) is 8.39. The number of carbonyl (C=O) groups excluding carboxylic acids is 1. The maximum atomic E-state index is 12.6. The Bertz CT molecular complexity index is 1250. The Kier molecular flexibility index (Phi) is 5.28. The van der Waals surface area contributed by atoms with Crippen LogP contribution in [-0.2, 0) is 0 Å². The Labute approximate surface area is 186 Å². The molecule has 1 amide bonds. The number of rotatable bonds is 4. The van der Waals surface area contributed by atoms with E-state index in [0.717, 1.165) is 35.6 Å². The Hall–Kier alpha value is -3.78. The molecule has 0 aliphatic carbocycles. The van der Waals surface area contributed by atoms with Gasteiger partial charge in [0, 0.05) is 29.7 Å². The first-order valence-corrected chi connectivity index (χ1v) is 10.8. The third-order valence-electron chi connectivity index (χ3n) is 6.01. The van der Waals surface area contributed by atoms with Gasteiger partial charge in [0.05, 0.1) is 6.04 Å². The number of nitrogen functional groups attached to an aromatic ring is 1. The molecule has 162 valence electrons. The molecule has 0 spiro atoms. The van der Waals surface area contributed by atoms with E-state index in [1.54, 1.807) is 36.7 Å². The van der Waals surface area contributed by atoms with Crippen molar-refractivity contribution in [2.45, 2.75) is 25.3 Å². The van der Waals surface area contributed by atoms with Gasteiger partial charge in [0.25, 0.3) is 5.91 Å². The molecule has 1 aliphatic heterocycles. The van der Waals surface area contributed by atoms with Crippen LogP contribution >= 0.6 is 0 Å². The van der Waals surface area contributed by atoms with Crippen molar-refractivity contribution in [3.8, 4) is 11.3 Å². The number of piperidine rings is 1. The molecule has 1 unspecified atom stereocenters. The lowest BCUT2D eigenvalue weighted by molar-refractivity contribution is 0.102. The van der Waals surface area contributed by atoms with Crippen LogP contribution in [0.5, 0.6) is 0 Å². The van der Waals surface area contributed by atoms with E-state index >= 15 is 0 Å². The van der Waals surface area contributed by atoms with Gasteiger partial charge in [0.1, 0.15) is 28.7 Å². The van der Waals surface area contributed by atoms with Gasteiger partial charge in [-0.3, -0.25) is 14.1 Å². The van der Waals surface area contributed by atoms with Crippen LogP contribution in [0.3, 0.4) is 0 Å². The first kappa shape index (κ1) is 20.1. The van der Waals surface area contributed by atoms with Gasteiger partial charge >= 0.3 is 0 Å². The highest BCUT2D eigenvalue weighted by molar-refractivity contribution is 6.04. The number of benzene rings is 1. The van der Waals surface area contributed by atoms with Crippen LogP contribution in [0, 0.1) is 0 Å². The number of aromatic nitrogens is 4. The van der Waals surface area contributed by atoms with Crippen molar-refractivity contribution in [3.05, 3.63) is 72.4 Å². The van der Waals surface area contributed by atoms with E-state index in [-0.39, 0.29) is 11.9 Å². The zero-order valence-electron chi connectivity index (χ0n) is 17.9. The Morgan fingerprint density at radius 3 is 2.69 bits per heavy atom. The molecule has 32 heavy (non-hydrogen) atoms. The molecular weight excluding hydrogens is 402 g/mol. The second-order valence-electron chi connectivity index (χ2n) is 8.09.